The molecule has 9 nitrogen and oxygen atoms in total. The van der Waals surface area contributed by atoms with Crippen molar-refractivity contribution >= 4 is 34.6 Å². The van der Waals surface area contributed by atoms with Crippen molar-refractivity contribution in [2.45, 2.75) is 37.9 Å². The smallest absolute Gasteiger partial charge is 0.282 e. The van der Waals surface area contributed by atoms with Crippen LogP contribution in [0.5, 0.6) is 11.5 Å². The highest BCUT2D eigenvalue weighted by molar-refractivity contribution is 8.00. The number of hydrogen-bond donors (Lipinski definition) is 1. The molecule has 1 aliphatic rings. The summed E-state index contributed by atoms with van der Waals surface area (Å²) < 4.78 is 35.2. The van der Waals surface area contributed by atoms with Gasteiger partial charge in [-0.3, -0.25) is 9.48 Å². The Morgan fingerprint density at radius 1 is 1.19 bits per heavy atom. The van der Waals surface area contributed by atoms with Gasteiger partial charge in [0.25, 0.3) is 5.91 Å². The molecule has 2 aromatic heterocycles. The number of amides is 1. The monoisotopic (exact) mass is 523 g/mol. The lowest BCUT2D eigenvalue weighted by molar-refractivity contribution is -0.129. The van der Waals surface area contributed by atoms with E-state index < -0.39 is 11.7 Å². The number of benzene rings is 2. The zero-order valence-electron chi connectivity index (χ0n) is 20.7. The van der Waals surface area contributed by atoms with Crippen LogP contribution in [0.2, 0.25) is 0 Å². The Labute approximate surface area is 217 Å². The SMILES string of the molecule is C=C(F)C(=O)N1Cc2cnn(Cc3cc(OC)c4c(NSc5cc(CC)ccc5OC)noc4c3)c2C1. The molecule has 0 bridgehead atoms. The molecule has 0 radical (unpaired) electrons. The minimum absolute atomic E-state index is 0.271. The van der Waals surface area contributed by atoms with Gasteiger partial charge in [0.1, 0.15) is 16.9 Å². The summed E-state index contributed by atoms with van der Waals surface area (Å²) in [5, 5.41) is 9.39. The second-order valence-electron chi connectivity index (χ2n) is 8.59. The molecule has 1 aliphatic heterocycles. The van der Waals surface area contributed by atoms with E-state index in [1.807, 2.05) is 24.3 Å². The fraction of sp³-hybridized carbons (Fsp3) is 0.269. The third-order valence-corrected chi connectivity index (χ3v) is 7.13. The number of hydrogen-bond acceptors (Lipinski definition) is 8. The van der Waals surface area contributed by atoms with Gasteiger partial charge in [0, 0.05) is 12.1 Å². The molecule has 2 aromatic carbocycles. The van der Waals surface area contributed by atoms with E-state index >= 15 is 0 Å². The number of aromatic nitrogens is 3. The lowest BCUT2D eigenvalue weighted by atomic mass is 10.1. The Morgan fingerprint density at radius 2 is 2.00 bits per heavy atom. The number of carbonyl (C=O) groups is 1. The Kier molecular flexibility index (Phi) is 6.79. The lowest BCUT2D eigenvalue weighted by Crippen LogP contribution is -2.26. The topological polar surface area (TPSA) is 94.7 Å². The average molecular weight is 524 g/mol. The molecule has 0 unspecified atom stereocenters. The lowest BCUT2D eigenvalue weighted by Gasteiger charge is -2.14. The van der Waals surface area contributed by atoms with Gasteiger partial charge in [-0.15, -0.1) is 0 Å². The number of rotatable bonds is 9. The van der Waals surface area contributed by atoms with Crippen molar-refractivity contribution in [2.75, 3.05) is 18.9 Å². The predicted molar refractivity (Wildman–Crippen MR) is 138 cm³/mol. The number of methoxy groups -OCH3 is 2. The summed E-state index contributed by atoms with van der Waals surface area (Å²) in [7, 11) is 3.23. The fourth-order valence-electron chi connectivity index (χ4n) is 4.37. The molecular formula is C26H26FN5O4S. The van der Waals surface area contributed by atoms with Gasteiger partial charge >= 0.3 is 0 Å². The zero-order chi connectivity index (χ0) is 26.1. The van der Waals surface area contributed by atoms with Crippen LogP contribution in [0.15, 0.2) is 58.4 Å². The molecular weight excluding hydrogens is 497 g/mol. The van der Waals surface area contributed by atoms with Gasteiger partial charge in [0.2, 0.25) is 0 Å². The molecule has 11 heteroatoms. The van der Waals surface area contributed by atoms with Crippen molar-refractivity contribution in [3.63, 3.8) is 0 Å². The number of halogens is 1. The molecule has 4 aromatic rings. The highest BCUT2D eigenvalue weighted by Crippen LogP contribution is 2.38. The van der Waals surface area contributed by atoms with E-state index in [2.05, 4.69) is 34.5 Å². The van der Waals surface area contributed by atoms with Crippen LogP contribution in [0.25, 0.3) is 11.0 Å². The van der Waals surface area contributed by atoms with Crippen molar-refractivity contribution in [2.24, 2.45) is 0 Å². The Morgan fingerprint density at radius 3 is 2.73 bits per heavy atom. The molecule has 0 atom stereocenters. The van der Waals surface area contributed by atoms with Crippen LogP contribution in [0.3, 0.4) is 0 Å². The van der Waals surface area contributed by atoms with Crippen molar-refractivity contribution in [1.29, 1.82) is 0 Å². The number of anilines is 1. The van der Waals surface area contributed by atoms with Crippen LogP contribution in [-0.4, -0.2) is 40.0 Å². The normalized spacial score (nSPS) is 12.6. The van der Waals surface area contributed by atoms with Gasteiger partial charge in [-0.05, 0) is 53.8 Å². The van der Waals surface area contributed by atoms with E-state index in [1.54, 1.807) is 25.1 Å². The van der Waals surface area contributed by atoms with E-state index in [-0.39, 0.29) is 6.54 Å². The van der Waals surface area contributed by atoms with Gasteiger partial charge in [-0.2, -0.15) is 5.10 Å². The van der Waals surface area contributed by atoms with Gasteiger partial charge in [-0.25, -0.2) is 4.39 Å². The first-order valence-electron chi connectivity index (χ1n) is 11.6. The summed E-state index contributed by atoms with van der Waals surface area (Å²) in [5.41, 5.74) is 4.37. The van der Waals surface area contributed by atoms with Gasteiger partial charge in [0.05, 0.1) is 44.1 Å². The first-order valence-corrected chi connectivity index (χ1v) is 12.5. The van der Waals surface area contributed by atoms with Crippen molar-refractivity contribution in [3.05, 3.63) is 71.3 Å². The molecule has 0 spiro atoms. The molecule has 192 valence electrons. The van der Waals surface area contributed by atoms with Gasteiger partial charge in [-0.1, -0.05) is 24.7 Å². The maximum Gasteiger partial charge on any atom is 0.282 e. The average Bonchev–Trinajstić information content (AvgIpc) is 3.61. The van der Waals surface area contributed by atoms with E-state index in [0.717, 1.165) is 33.9 Å². The second kappa shape index (κ2) is 10.2. The van der Waals surface area contributed by atoms with Gasteiger partial charge < -0.3 is 23.6 Å². The number of carbonyl (C=O) groups excluding carboxylic acids is 1. The van der Waals surface area contributed by atoms with E-state index in [9.17, 15) is 9.18 Å². The van der Waals surface area contributed by atoms with Crippen LogP contribution in [0.4, 0.5) is 10.2 Å². The van der Waals surface area contributed by atoms with Gasteiger partial charge in [0.15, 0.2) is 17.2 Å². The number of ether oxygens (including phenoxy) is 2. The van der Waals surface area contributed by atoms with Crippen LogP contribution in [-0.2, 0) is 30.8 Å². The number of nitrogens with zero attached hydrogens (tertiary/aromatic N) is 4. The molecule has 37 heavy (non-hydrogen) atoms. The Hall–Kier alpha value is -3.99. The number of nitrogens with one attached hydrogen (secondary N) is 1. The first kappa shape index (κ1) is 24.7. The largest absolute Gasteiger partial charge is 0.496 e. The van der Waals surface area contributed by atoms with E-state index in [1.165, 1.54) is 22.4 Å². The molecule has 0 saturated carbocycles. The van der Waals surface area contributed by atoms with Crippen LogP contribution in [0.1, 0.15) is 29.3 Å². The number of fused-ring (bicyclic) bond motifs is 2. The van der Waals surface area contributed by atoms with Crippen molar-refractivity contribution < 1.29 is 23.2 Å². The zero-order valence-corrected chi connectivity index (χ0v) is 21.5. The summed E-state index contributed by atoms with van der Waals surface area (Å²) in [6.07, 6.45) is 2.62. The fourth-order valence-corrected chi connectivity index (χ4v) is 5.18. The summed E-state index contributed by atoms with van der Waals surface area (Å²) >= 11 is 1.39. The van der Waals surface area contributed by atoms with Crippen LogP contribution >= 0.6 is 11.9 Å². The molecule has 0 fully saturated rings. The molecule has 5 rings (SSSR count). The summed E-state index contributed by atoms with van der Waals surface area (Å²) in [5.74, 6) is 0.224. The molecule has 0 aliphatic carbocycles. The second-order valence-corrected chi connectivity index (χ2v) is 9.43. The summed E-state index contributed by atoms with van der Waals surface area (Å²) in [4.78, 5) is 14.3. The maximum absolute atomic E-state index is 13.3. The molecule has 0 saturated heterocycles. The highest BCUT2D eigenvalue weighted by atomic mass is 32.2. The third kappa shape index (κ3) is 4.74. The van der Waals surface area contributed by atoms with E-state index in [0.29, 0.717) is 35.6 Å². The first-order chi connectivity index (χ1) is 17.9. The summed E-state index contributed by atoms with van der Waals surface area (Å²) in [6, 6.07) is 9.86. The highest BCUT2D eigenvalue weighted by Gasteiger charge is 2.28. The standard InChI is InChI=1S/C26H26FN5O4S/c1-5-16-6-7-20(34-3)23(10-16)37-30-25-24-21(35-4)8-17(9-22(24)36-29-25)12-32-19-14-31(26(33)15(2)27)13-18(19)11-28-32/h6-11H,2,5,12-14H2,1,3-4H3,(H,29,30). The Balaban J connectivity index is 1.38. The minimum atomic E-state index is -0.968. The molecule has 1 amide bonds. The summed E-state index contributed by atoms with van der Waals surface area (Å²) in [6.45, 7) is 6.21. The van der Waals surface area contributed by atoms with Crippen molar-refractivity contribution in [1.82, 2.24) is 19.8 Å². The third-order valence-electron chi connectivity index (χ3n) is 6.30. The number of aryl methyl sites for hydroxylation is 1. The minimum Gasteiger partial charge on any atom is -0.496 e. The van der Waals surface area contributed by atoms with Crippen LogP contribution in [0, 0.1) is 0 Å². The molecule has 3 heterocycles. The predicted octanol–water partition coefficient (Wildman–Crippen LogP) is 5.10. The molecule has 1 N–H and O–H groups in total. The van der Waals surface area contributed by atoms with Crippen LogP contribution < -0.4 is 14.2 Å². The van der Waals surface area contributed by atoms with Crippen molar-refractivity contribution in [3.8, 4) is 11.5 Å². The quantitative estimate of drug-likeness (QED) is 0.239. The van der Waals surface area contributed by atoms with E-state index in [4.69, 9.17) is 14.0 Å². The Bertz CT molecular complexity index is 1500. The maximum atomic E-state index is 13.3.